The number of hydrogen-bond donors (Lipinski definition) is 1. The number of aryl methyl sites for hydroxylation is 1. The van der Waals surface area contributed by atoms with E-state index in [-0.39, 0.29) is 5.91 Å². The van der Waals surface area contributed by atoms with Crippen LogP contribution >= 0.6 is 23.1 Å². The maximum atomic E-state index is 12.2. The van der Waals surface area contributed by atoms with E-state index in [1.54, 1.807) is 48.5 Å². The molecule has 0 aliphatic rings. The second kappa shape index (κ2) is 8.31. The average Bonchev–Trinajstić information content (AvgIpc) is 2.85. The molecule has 0 saturated carbocycles. The summed E-state index contributed by atoms with van der Waals surface area (Å²) in [5.41, 5.74) is 1.61. The minimum absolute atomic E-state index is 0.0644. The first-order chi connectivity index (χ1) is 11.0. The van der Waals surface area contributed by atoms with Gasteiger partial charge in [-0.2, -0.15) is 0 Å². The topological polar surface area (TPSA) is 64.1 Å². The Balaban J connectivity index is 1.96. The van der Waals surface area contributed by atoms with Crippen LogP contribution < -0.4 is 10.1 Å². The summed E-state index contributed by atoms with van der Waals surface area (Å²) in [5, 5.41) is 2.86. The van der Waals surface area contributed by atoms with E-state index in [9.17, 15) is 4.79 Å². The Morgan fingerprint density at radius 1 is 1.48 bits per heavy atom. The minimum atomic E-state index is -0.0644. The lowest BCUT2D eigenvalue weighted by Crippen LogP contribution is -2.14. The van der Waals surface area contributed by atoms with E-state index in [2.05, 4.69) is 29.1 Å². The Labute approximate surface area is 144 Å². The Kier molecular flexibility index (Phi) is 6.41. The highest BCUT2D eigenvalue weighted by Crippen LogP contribution is 2.29. The van der Waals surface area contributed by atoms with Gasteiger partial charge < -0.3 is 10.1 Å². The van der Waals surface area contributed by atoms with Crippen LogP contribution in [0.4, 0.5) is 5.69 Å². The highest BCUT2D eigenvalue weighted by atomic mass is 32.2. The van der Waals surface area contributed by atoms with Gasteiger partial charge in [0.25, 0.3) is 0 Å². The molecule has 1 amide bonds. The normalized spacial score (nSPS) is 10.8. The number of nitrogens with zero attached hydrogens (tertiary/aromatic N) is 2. The van der Waals surface area contributed by atoms with Crippen molar-refractivity contribution in [1.82, 2.24) is 9.97 Å². The van der Waals surface area contributed by atoms with E-state index in [1.807, 2.05) is 6.92 Å². The Bertz CT molecular complexity index is 671. The molecule has 2 aromatic rings. The lowest BCUT2D eigenvalue weighted by atomic mass is 10.3. The molecule has 0 aliphatic heterocycles. The van der Waals surface area contributed by atoms with Gasteiger partial charge in [-0.15, -0.1) is 11.3 Å². The van der Waals surface area contributed by atoms with E-state index >= 15 is 0 Å². The standard InChI is InChI=1S/C16H21N3O2S2/c1-10(2)9-22-16-18-11(3)13(23-16)8-14(20)19-12-5-6-17-15(7-12)21-4/h5-7,10H,8-9H2,1-4H3,(H,17,19,20). The summed E-state index contributed by atoms with van der Waals surface area (Å²) in [6, 6.07) is 3.44. The van der Waals surface area contributed by atoms with Gasteiger partial charge in [0.05, 0.1) is 19.2 Å². The summed E-state index contributed by atoms with van der Waals surface area (Å²) in [5.74, 6) is 2.07. The van der Waals surface area contributed by atoms with Gasteiger partial charge in [0.2, 0.25) is 11.8 Å². The van der Waals surface area contributed by atoms with Crippen LogP contribution in [-0.4, -0.2) is 28.7 Å². The van der Waals surface area contributed by atoms with Crippen molar-refractivity contribution in [1.29, 1.82) is 0 Å². The van der Waals surface area contributed by atoms with Gasteiger partial charge in [0.1, 0.15) is 4.34 Å². The maximum absolute atomic E-state index is 12.2. The zero-order chi connectivity index (χ0) is 16.8. The molecular formula is C16H21N3O2S2. The molecule has 2 aromatic heterocycles. The second-order valence-electron chi connectivity index (χ2n) is 5.51. The number of rotatable bonds is 7. The summed E-state index contributed by atoms with van der Waals surface area (Å²) >= 11 is 3.35. The molecule has 0 atom stereocenters. The van der Waals surface area contributed by atoms with Crippen molar-refractivity contribution in [3.05, 3.63) is 28.9 Å². The fourth-order valence-corrected chi connectivity index (χ4v) is 4.02. The van der Waals surface area contributed by atoms with Gasteiger partial charge in [0.15, 0.2) is 0 Å². The molecular weight excluding hydrogens is 330 g/mol. The van der Waals surface area contributed by atoms with Gasteiger partial charge in [-0.1, -0.05) is 25.6 Å². The van der Waals surface area contributed by atoms with Crippen LogP contribution in [0, 0.1) is 12.8 Å². The molecule has 0 aliphatic carbocycles. The van der Waals surface area contributed by atoms with Crippen LogP contribution in [-0.2, 0) is 11.2 Å². The molecule has 0 saturated heterocycles. The number of ether oxygens (including phenoxy) is 1. The third-order valence-corrected chi connectivity index (χ3v) is 5.69. The van der Waals surface area contributed by atoms with Crippen molar-refractivity contribution in [3.8, 4) is 5.88 Å². The number of nitrogens with one attached hydrogen (secondary N) is 1. The summed E-state index contributed by atoms with van der Waals surface area (Å²) in [4.78, 5) is 21.8. The fraction of sp³-hybridized carbons (Fsp3) is 0.438. The van der Waals surface area contributed by atoms with E-state index in [0.29, 0.717) is 23.9 Å². The summed E-state index contributed by atoms with van der Waals surface area (Å²) < 4.78 is 6.08. The summed E-state index contributed by atoms with van der Waals surface area (Å²) in [7, 11) is 1.55. The first-order valence-corrected chi connectivity index (χ1v) is 9.17. The molecule has 0 spiro atoms. The summed E-state index contributed by atoms with van der Waals surface area (Å²) in [6.45, 7) is 6.32. The third-order valence-electron chi connectivity index (χ3n) is 2.96. The molecule has 2 rings (SSSR count). The van der Waals surface area contributed by atoms with Gasteiger partial charge in [-0.25, -0.2) is 9.97 Å². The molecule has 124 valence electrons. The number of anilines is 1. The van der Waals surface area contributed by atoms with Crippen LogP contribution in [0.2, 0.25) is 0 Å². The highest BCUT2D eigenvalue weighted by Gasteiger charge is 2.13. The van der Waals surface area contributed by atoms with Crippen molar-refractivity contribution in [2.75, 3.05) is 18.2 Å². The van der Waals surface area contributed by atoms with Crippen LogP contribution in [0.25, 0.3) is 0 Å². The quantitative estimate of drug-likeness (QED) is 0.769. The second-order valence-corrected chi connectivity index (χ2v) is 7.86. The van der Waals surface area contributed by atoms with Crippen LogP contribution in [0.5, 0.6) is 5.88 Å². The number of carbonyl (C=O) groups excluding carboxylic acids is 1. The van der Waals surface area contributed by atoms with Gasteiger partial charge >= 0.3 is 0 Å². The number of thioether (sulfide) groups is 1. The van der Waals surface area contributed by atoms with Crippen molar-refractivity contribution in [3.63, 3.8) is 0 Å². The van der Waals surface area contributed by atoms with Gasteiger partial charge in [-0.05, 0) is 18.9 Å². The number of methoxy groups -OCH3 is 1. The molecule has 2 heterocycles. The summed E-state index contributed by atoms with van der Waals surface area (Å²) in [6.07, 6.45) is 1.93. The molecule has 23 heavy (non-hydrogen) atoms. The van der Waals surface area contributed by atoms with E-state index in [1.165, 1.54) is 0 Å². The SMILES string of the molecule is COc1cc(NC(=O)Cc2sc(SCC(C)C)nc2C)ccn1. The maximum Gasteiger partial charge on any atom is 0.229 e. The molecule has 7 heteroatoms. The molecule has 0 unspecified atom stereocenters. The fourth-order valence-electron chi connectivity index (χ4n) is 1.81. The highest BCUT2D eigenvalue weighted by molar-refractivity contribution is 8.01. The van der Waals surface area contributed by atoms with Crippen molar-refractivity contribution in [2.45, 2.75) is 31.5 Å². The number of carbonyl (C=O) groups is 1. The van der Waals surface area contributed by atoms with E-state index in [0.717, 1.165) is 20.7 Å². The molecule has 0 fully saturated rings. The lowest BCUT2D eigenvalue weighted by molar-refractivity contribution is -0.115. The Morgan fingerprint density at radius 2 is 2.26 bits per heavy atom. The zero-order valence-corrected chi connectivity index (χ0v) is 15.4. The van der Waals surface area contributed by atoms with Gasteiger partial charge in [0, 0.05) is 28.6 Å². The third kappa shape index (κ3) is 5.51. The zero-order valence-electron chi connectivity index (χ0n) is 13.8. The first-order valence-electron chi connectivity index (χ1n) is 7.37. The first kappa shape index (κ1) is 17.7. The molecule has 5 nitrogen and oxygen atoms in total. The molecule has 0 bridgehead atoms. The van der Waals surface area contributed by atoms with E-state index in [4.69, 9.17) is 4.74 Å². The largest absolute Gasteiger partial charge is 0.481 e. The number of thiazole rings is 1. The monoisotopic (exact) mass is 351 g/mol. The number of hydrogen-bond acceptors (Lipinski definition) is 6. The van der Waals surface area contributed by atoms with Crippen molar-refractivity contribution >= 4 is 34.7 Å². The molecule has 0 radical (unpaired) electrons. The van der Waals surface area contributed by atoms with Crippen molar-refractivity contribution < 1.29 is 9.53 Å². The smallest absolute Gasteiger partial charge is 0.229 e. The van der Waals surface area contributed by atoms with Crippen LogP contribution in [0.3, 0.4) is 0 Å². The Morgan fingerprint density at radius 3 is 2.96 bits per heavy atom. The average molecular weight is 351 g/mol. The Hall–Kier alpha value is -1.60. The number of amides is 1. The molecule has 0 aromatic carbocycles. The minimum Gasteiger partial charge on any atom is -0.481 e. The van der Waals surface area contributed by atoms with E-state index < -0.39 is 0 Å². The van der Waals surface area contributed by atoms with Crippen LogP contribution in [0.15, 0.2) is 22.7 Å². The number of aromatic nitrogens is 2. The van der Waals surface area contributed by atoms with Gasteiger partial charge in [-0.3, -0.25) is 4.79 Å². The lowest BCUT2D eigenvalue weighted by Gasteiger charge is -2.05. The van der Waals surface area contributed by atoms with Crippen LogP contribution in [0.1, 0.15) is 24.4 Å². The number of pyridine rings is 1. The predicted molar refractivity (Wildman–Crippen MR) is 95.5 cm³/mol. The predicted octanol–water partition coefficient (Wildman–Crippen LogP) is 3.78. The molecule has 1 N–H and O–H groups in total. The van der Waals surface area contributed by atoms with Crippen molar-refractivity contribution in [2.24, 2.45) is 5.92 Å².